The molecule has 15 heavy (non-hydrogen) atoms. The lowest BCUT2D eigenvalue weighted by atomic mass is 9.96. The molecule has 0 aromatic heterocycles. The van der Waals surface area contributed by atoms with Crippen LogP contribution in [0.25, 0.3) is 0 Å². The molecule has 0 fully saturated rings. The number of carbonyl (C=O) groups excluding carboxylic acids is 1. The van der Waals surface area contributed by atoms with Crippen LogP contribution in [-0.2, 0) is 4.79 Å². The minimum absolute atomic E-state index is 0.369. The molecule has 0 spiro atoms. The molecule has 1 heteroatoms. The van der Waals surface area contributed by atoms with Crippen molar-refractivity contribution in [1.29, 1.82) is 0 Å². The second-order valence-electron chi connectivity index (χ2n) is 4.24. The van der Waals surface area contributed by atoms with Crippen LogP contribution in [0.4, 0.5) is 0 Å². The van der Waals surface area contributed by atoms with Gasteiger partial charge in [-0.05, 0) is 38.2 Å². The van der Waals surface area contributed by atoms with Gasteiger partial charge in [0.1, 0.15) is 0 Å². The Balaban J connectivity index is 4.31. The highest BCUT2D eigenvalue weighted by molar-refractivity contribution is 5.95. The van der Waals surface area contributed by atoms with E-state index in [-0.39, 0.29) is 0 Å². The number of unbranched alkanes of at least 4 members (excludes halogenated alkanes) is 2. The maximum Gasteiger partial charge on any atom is 0.158 e. The van der Waals surface area contributed by atoms with E-state index in [0.29, 0.717) is 12.2 Å². The maximum atomic E-state index is 11.8. The fourth-order valence-corrected chi connectivity index (χ4v) is 1.91. The number of rotatable bonds is 8. The SMILES string of the molecule is CCCCC/C(C)=C(\CC)C(=O)CCC. The van der Waals surface area contributed by atoms with Crippen molar-refractivity contribution in [3.63, 3.8) is 0 Å². The molecule has 0 aromatic rings. The van der Waals surface area contributed by atoms with Gasteiger partial charge in [-0.25, -0.2) is 0 Å². The fourth-order valence-electron chi connectivity index (χ4n) is 1.91. The molecule has 0 aliphatic heterocycles. The summed E-state index contributed by atoms with van der Waals surface area (Å²) in [6.45, 7) is 8.49. The van der Waals surface area contributed by atoms with Gasteiger partial charge in [-0.3, -0.25) is 4.79 Å². The molecule has 0 saturated carbocycles. The van der Waals surface area contributed by atoms with E-state index in [9.17, 15) is 4.79 Å². The molecule has 0 bridgehead atoms. The van der Waals surface area contributed by atoms with E-state index in [4.69, 9.17) is 0 Å². The molecule has 0 heterocycles. The summed E-state index contributed by atoms with van der Waals surface area (Å²) in [7, 11) is 0. The van der Waals surface area contributed by atoms with E-state index < -0.39 is 0 Å². The van der Waals surface area contributed by atoms with Crippen molar-refractivity contribution >= 4 is 5.78 Å². The summed E-state index contributed by atoms with van der Waals surface area (Å²) in [5.41, 5.74) is 2.41. The summed E-state index contributed by atoms with van der Waals surface area (Å²) >= 11 is 0. The topological polar surface area (TPSA) is 17.1 Å². The van der Waals surface area contributed by atoms with Crippen molar-refractivity contribution in [2.24, 2.45) is 0 Å². The Labute approximate surface area is 95.0 Å². The van der Waals surface area contributed by atoms with Crippen LogP contribution in [0.15, 0.2) is 11.1 Å². The predicted octanol–water partition coefficient (Wildman–Crippen LogP) is 4.66. The van der Waals surface area contributed by atoms with E-state index >= 15 is 0 Å². The fraction of sp³-hybridized carbons (Fsp3) is 0.786. The van der Waals surface area contributed by atoms with Crippen molar-refractivity contribution in [2.75, 3.05) is 0 Å². The minimum atomic E-state index is 0.369. The molecule has 0 aromatic carbocycles. The van der Waals surface area contributed by atoms with Gasteiger partial charge in [0, 0.05) is 6.42 Å². The molecule has 0 rings (SSSR count). The van der Waals surface area contributed by atoms with E-state index in [1.54, 1.807) is 0 Å². The molecule has 1 nitrogen and oxygen atoms in total. The average Bonchev–Trinajstić information content (AvgIpc) is 2.19. The van der Waals surface area contributed by atoms with Gasteiger partial charge in [-0.1, -0.05) is 39.2 Å². The van der Waals surface area contributed by atoms with Gasteiger partial charge in [0.25, 0.3) is 0 Å². The number of carbonyl (C=O) groups is 1. The van der Waals surface area contributed by atoms with Gasteiger partial charge in [-0.15, -0.1) is 0 Å². The third-order valence-electron chi connectivity index (χ3n) is 2.84. The zero-order chi connectivity index (χ0) is 11.7. The summed E-state index contributed by atoms with van der Waals surface area (Å²) in [5.74, 6) is 0.369. The first-order valence-corrected chi connectivity index (χ1v) is 6.39. The van der Waals surface area contributed by atoms with Gasteiger partial charge in [0.05, 0.1) is 0 Å². The molecule has 0 amide bonds. The zero-order valence-electron chi connectivity index (χ0n) is 10.9. The largest absolute Gasteiger partial charge is 0.295 e. The second-order valence-corrected chi connectivity index (χ2v) is 4.24. The van der Waals surface area contributed by atoms with Crippen molar-refractivity contribution < 1.29 is 4.79 Å². The molecule has 88 valence electrons. The quantitative estimate of drug-likeness (QED) is 0.420. The summed E-state index contributed by atoms with van der Waals surface area (Å²) in [6.07, 6.45) is 7.43. The molecule has 0 saturated heterocycles. The van der Waals surface area contributed by atoms with Gasteiger partial charge >= 0.3 is 0 Å². The van der Waals surface area contributed by atoms with Gasteiger partial charge in [0.15, 0.2) is 5.78 Å². The number of ketones is 1. The predicted molar refractivity (Wildman–Crippen MR) is 67.0 cm³/mol. The summed E-state index contributed by atoms with van der Waals surface area (Å²) in [5, 5.41) is 0. The van der Waals surface area contributed by atoms with E-state index in [1.807, 2.05) is 0 Å². The monoisotopic (exact) mass is 210 g/mol. The summed E-state index contributed by atoms with van der Waals surface area (Å²) < 4.78 is 0. The van der Waals surface area contributed by atoms with Crippen LogP contribution in [0.2, 0.25) is 0 Å². The highest BCUT2D eigenvalue weighted by Crippen LogP contribution is 2.18. The third kappa shape index (κ3) is 5.76. The Morgan fingerprint density at radius 1 is 0.933 bits per heavy atom. The Morgan fingerprint density at radius 2 is 1.60 bits per heavy atom. The van der Waals surface area contributed by atoms with Gasteiger partial charge < -0.3 is 0 Å². The van der Waals surface area contributed by atoms with Crippen molar-refractivity contribution in [3.8, 4) is 0 Å². The van der Waals surface area contributed by atoms with Crippen LogP contribution in [0.1, 0.15) is 72.6 Å². The Kier molecular flexibility index (Phi) is 8.35. The van der Waals surface area contributed by atoms with Crippen LogP contribution >= 0.6 is 0 Å². The molecular weight excluding hydrogens is 184 g/mol. The number of hydrogen-bond donors (Lipinski definition) is 0. The number of hydrogen-bond acceptors (Lipinski definition) is 1. The van der Waals surface area contributed by atoms with Crippen molar-refractivity contribution in [1.82, 2.24) is 0 Å². The minimum Gasteiger partial charge on any atom is -0.295 e. The molecule has 0 radical (unpaired) electrons. The number of allylic oxidation sites excluding steroid dienone is 2. The lowest BCUT2D eigenvalue weighted by Crippen LogP contribution is -2.04. The molecule has 0 atom stereocenters. The summed E-state index contributed by atoms with van der Waals surface area (Å²) in [6, 6.07) is 0. The average molecular weight is 210 g/mol. The first-order chi connectivity index (χ1) is 7.17. The molecule has 0 aliphatic carbocycles. The van der Waals surface area contributed by atoms with Crippen LogP contribution in [0, 0.1) is 0 Å². The van der Waals surface area contributed by atoms with Crippen molar-refractivity contribution in [3.05, 3.63) is 11.1 Å². The van der Waals surface area contributed by atoms with Crippen LogP contribution < -0.4 is 0 Å². The highest BCUT2D eigenvalue weighted by atomic mass is 16.1. The van der Waals surface area contributed by atoms with Crippen molar-refractivity contribution in [2.45, 2.75) is 72.6 Å². The molecule has 0 unspecified atom stereocenters. The molecule has 0 N–H and O–H groups in total. The second kappa shape index (κ2) is 8.70. The van der Waals surface area contributed by atoms with Crippen LogP contribution in [0.5, 0.6) is 0 Å². The lowest BCUT2D eigenvalue weighted by molar-refractivity contribution is -0.115. The third-order valence-corrected chi connectivity index (χ3v) is 2.84. The number of Topliss-reactive ketones (excluding diaryl/α,β-unsaturated/α-hetero) is 1. The standard InChI is InChI=1S/C14H26O/c1-5-8-9-11-12(4)13(7-3)14(15)10-6-2/h5-11H2,1-4H3/b13-12+. The first-order valence-electron chi connectivity index (χ1n) is 6.39. The Bertz CT molecular complexity index is 213. The first kappa shape index (κ1) is 14.4. The smallest absolute Gasteiger partial charge is 0.158 e. The van der Waals surface area contributed by atoms with E-state index in [1.165, 1.54) is 24.8 Å². The normalized spacial score (nSPS) is 12.5. The highest BCUT2D eigenvalue weighted by Gasteiger charge is 2.09. The van der Waals surface area contributed by atoms with E-state index in [2.05, 4.69) is 27.7 Å². The summed E-state index contributed by atoms with van der Waals surface area (Å²) in [4.78, 5) is 11.8. The van der Waals surface area contributed by atoms with Crippen LogP contribution in [-0.4, -0.2) is 5.78 Å². The van der Waals surface area contributed by atoms with E-state index in [0.717, 1.165) is 24.8 Å². The Morgan fingerprint density at radius 3 is 2.07 bits per heavy atom. The van der Waals surface area contributed by atoms with Crippen LogP contribution in [0.3, 0.4) is 0 Å². The lowest BCUT2D eigenvalue weighted by Gasteiger charge is -2.09. The van der Waals surface area contributed by atoms with Gasteiger partial charge in [0.2, 0.25) is 0 Å². The zero-order valence-corrected chi connectivity index (χ0v) is 10.9. The van der Waals surface area contributed by atoms with Gasteiger partial charge in [-0.2, -0.15) is 0 Å². The molecular formula is C14H26O. The molecule has 0 aliphatic rings. The maximum absolute atomic E-state index is 11.8. The Hall–Kier alpha value is -0.590.